The van der Waals surface area contributed by atoms with Crippen LogP contribution in [0.15, 0.2) is 17.1 Å². The van der Waals surface area contributed by atoms with E-state index >= 15 is 0 Å². The Morgan fingerprint density at radius 1 is 1.35 bits per heavy atom. The molecule has 2 aromatic rings. The summed E-state index contributed by atoms with van der Waals surface area (Å²) in [6.07, 6.45) is 5.05. The second kappa shape index (κ2) is 7.85. The van der Waals surface area contributed by atoms with Crippen molar-refractivity contribution in [3.8, 4) is 0 Å². The van der Waals surface area contributed by atoms with Crippen LogP contribution in [-0.2, 0) is 24.2 Å². The van der Waals surface area contributed by atoms with Crippen molar-refractivity contribution in [2.75, 3.05) is 33.4 Å². The average Bonchev–Trinajstić information content (AvgIpc) is 3.28. The molecule has 26 heavy (non-hydrogen) atoms. The first-order chi connectivity index (χ1) is 12.7. The maximum atomic E-state index is 12.7. The fourth-order valence-electron chi connectivity index (χ4n) is 3.78. The van der Waals surface area contributed by atoms with Crippen LogP contribution in [0.2, 0.25) is 0 Å². The Bertz CT molecular complexity index is 713. The summed E-state index contributed by atoms with van der Waals surface area (Å²) < 4.78 is 7.64. The van der Waals surface area contributed by atoms with Gasteiger partial charge < -0.3 is 14.2 Å². The molecule has 2 aromatic heterocycles. The predicted octanol–water partition coefficient (Wildman–Crippen LogP) is 1.65. The number of nitrogens with zero attached hydrogens (tertiary/aromatic N) is 5. The maximum Gasteiger partial charge on any atom is 0.274 e. The molecule has 0 atom stereocenters. The van der Waals surface area contributed by atoms with Crippen LogP contribution in [0.4, 0.5) is 0 Å². The molecule has 140 valence electrons. The molecule has 0 bridgehead atoms. The number of hydrogen-bond acceptors (Lipinski definition) is 6. The lowest BCUT2D eigenvalue weighted by Gasteiger charge is -2.33. The zero-order valence-electron chi connectivity index (χ0n) is 15.1. The third-order valence-electron chi connectivity index (χ3n) is 5.27. The van der Waals surface area contributed by atoms with E-state index in [1.165, 1.54) is 0 Å². The van der Waals surface area contributed by atoms with Gasteiger partial charge in [-0.25, -0.2) is 9.97 Å². The molecule has 2 aliphatic heterocycles. The molecule has 7 nitrogen and oxygen atoms in total. The molecule has 2 aliphatic rings. The van der Waals surface area contributed by atoms with Gasteiger partial charge in [0.25, 0.3) is 5.91 Å². The van der Waals surface area contributed by atoms with Crippen LogP contribution in [0.3, 0.4) is 0 Å². The van der Waals surface area contributed by atoms with Gasteiger partial charge in [0.15, 0.2) is 0 Å². The number of amides is 1. The van der Waals surface area contributed by atoms with Crippen molar-refractivity contribution in [3.63, 3.8) is 0 Å². The molecule has 0 unspecified atom stereocenters. The van der Waals surface area contributed by atoms with Crippen LogP contribution in [-0.4, -0.2) is 69.6 Å². The summed E-state index contributed by atoms with van der Waals surface area (Å²) in [5.74, 6) is 0.977. The summed E-state index contributed by atoms with van der Waals surface area (Å²) in [7, 11) is 1.80. The van der Waals surface area contributed by atoms with Crippen LogP contribution in [0.5, 0.6) is 0 Å². The topological polar surface area (TPSA) is 63.5 Å². The molecule has 0 aromatic carbocycles. The number of fused-ring (bicyclic) bond motifs is 1. The molecular formula is C18H25N5O2S. The van der Waals surface area contributed by atoms with Gasteiger partial charge in [-0.3, -0.25) is 9.69 Å². The van der Waals surface area contributed by atoms with Gasteiger partial charge in [-0.05, 0) is 12.8 Å². The molecule has 8 heteroatoms. The lowest BCUT2D eigenvalue weighted by atomic mass is 10.1. The second-order valence-electron chi connectivity index (χ2n) is 7.01. The number of imidazole rings is 1. The lowest BCUT2D eigenvalue weighted by Crippen LogP contribution is -2.41. The monoisotopic (exact) mass is 375 g/mol. The number of rotatable bonds is 4. The van der Waals surface area contributed by atoms with Gasteiger partial charge in [-0.15, -0.1) is 11.3 Å². The van der Waals surface area contributed by atoms with Crippen molar-refractivity contribution in [1.29, 1.82) is 0 Å². The molecule has 1 fully saturated rings. The standard InChI is InChI=1S/C18H25N5O2S/c1-21(10-14-12-26-13-19-14)18(24)16-11-23-7-6-22(5-2-17(23)20-16)15-3-8-25-9-4-15/h11-13,15H,2-10H2,1H3. The van der Waals surface area contributed by atoms with Crippen LogP contribution in [0, 0.1) is 0 Å². The number of carbonyl (C=O) groups excluding carboxylic acids is 1. The molecule has 0 aliphatic carbocycles. The highest BCUT2D eigenvalue weighted by Crippen LogP contribution is 2.19. The fourth-order valence-corrected chi connectivity index (χ4v) is 4.33. The van der Waals surface area contributed by atoms with Crippen molar-refractivity contribution in [2.24, 2.45) is 0 Å². The van der Waals surface area contributed by atoms with Gasteiger partial charge in [0.2, 0.25) is 0 Å². The summed E-state index contributed by atoms with van der Waals surface area (Å²) in [5, 5.41) is 1.97. The molecule has 4 heterocycles. The van der Waals surface area contributed by atoms with Crippen molar-refractivity contribution in [3.05, 3.63) is 34.3 Å². The zero-order valence-corrected chi connectivity index (χ0v) is 16.0. The number of ether oxygens (including phenoxy) is 1. The molecule has 0 spiro atoms. The lowest BCUT2D eigenvalue weighted by molar-refractivity contribution is 0.0347. The Balaban J connectivity index is 1.39. The van der Waals surface area contributed by atoms with Crippen molar-refractivity contribution in [1.82, 2.24) is 24.3 Å². The summed E-state index contributed by atoms with van der Waals surface area (Å²) >= 11 is 1.54. The summed E-state index contributed by atoms with van der Waals surface area (Å²) in [4.78, 5) is 25.8. The van der Waals surface area contributed by atoms with Crippen molar-refractivity contribution < 1.29 is 9.53 Å². The highest BCUT2D eigenvalue weighted by Gasteiger charge is 2.25. The smallest absolute Gasteiger partial charge is 0.274 e. The minimum atomic E-state index is -0.0418. The Labute approximate surface area is 157 Å². The molecule has 1 saturated heterocycles. The third-order valence-corrected chi connectivity index (χ3v) is 5.90. The highest BCUT2D eigenvalue weighted by molar-refractivity contribution is 7.07. The molecule has 0 radical (unpaired) electrons. The minimum absolute atomic E-state index is 0.0418. The predicted molar refractivity (Wildman–Crippen MR) is 99.3 cm³/mol. The molecule has 1 amide bonds. The Hall–Kier alpha value is -1.77. The van der Waals surface area contributed by atoms with Gasteiger partial charge in [0, 0.05) is 63.9 Å². The van der Waals surface area contributed by atoms with E-state index in [1.54, 1.807) is 28.8 Å². The Morgan fingerprint density at radius 3 is 2.96 bits per heavy atom. The number of hydrogen-bond donors (Lipinski definition) is 0. The summed E-state index contributed by atoms with van der Waals surface area (Å²) in [5.41, 5.74) is 3.24. The Kier molecular flexibility index (Phi) is 5.33. The summed E-state index contributed by atoms with van der Waals surface area (Å²) in [6, 6.07) is 0.624. The maximum absolute atomic E-state index is 12.7. The SMILES string of the molecule is CN(Cc1cscn1)C(=O)c1cn2c(n1)CCN(C1CCOCC1)CC2. The van der Waals surface area contributed by atoms with E-state index in [0.29, 0.717) is 18.3 Å². The van der Waals surface area contributed by atoms with E-state index in [-0.39, 0.29) is 5.91 Å². The Morgan fingerprint density at radius 2 is 2.19 bits per heavy atom. The largest absolute Gasteiger partial charge is 0.381 e. The van der Waals surface area contributed by atoms with Crippen molar-refractivity contribution in [2.45, 2.75) is 38.4 Å². The van der Waals surface area contributed by atoms with Crippen molar-refractivity contribution >= 4 is 17.2 Å². The first-order valence-corrected chi connectivity index (χ1v) is 10.2. The number of carbonyl (C=O) groups is 1. The summed E-state index contributed by atoms with van der Waals surface area (Å²) in [6.45, 7) is 5.16. The fraction of sp³-hybridized carbons (Fsp3) is 0.611. The van der Waals surface area contributed by atoms with E-state index in [4.69, 9.17) is 4.74 Å². The molecule has 4 rings (SSSR count). The first kappa shape index (κ1) is 17.6. The quantitative estimate of drug-likeness (QED) is 0.813. The van der Waals surface area contributed by atoms with Crippen LogP contribution < -0.4 is 0 Å². The second-order valence-corrected chi connectivity index (χ2v) is 7.72. The van der Waals surface area contributed by atoms with Crippen LogP contribution >= 0.6 is 11.3 Å². The molecular weight excluding hydrogens is 350 g/mol. The highest BCUT2D eigenvalue weighted by atomic mass is 32.1. The van der Waals surface area contributed by atoms with Gasteiger partial charge >= 0.3 is 0 Å². The van der Waals surface area contributed by atoms with Gasteiger partial charge in [-0.1, -0.05) is 0 Å². The minimum Gasteiger partial charge on any atom is -0.381 e. The van der Waals surface area contributed by atoms with E-state index in [2.05, 4.69) is 19.4 Å². The van der Waals surface area contributed by atoms with E-state index in [0.717, 1.165) is 63.6 Å². The third kappa shape index (κ3) is 3.82. The molecule has 0 saturated carbocycles. The van der Waals surface area contributed by atoms with Crippen LogP contribution in [0.25, 0.3) is 0 Å². The normalized spacial score (nSPS) is 19.1. The van der Waals surface area contributed by atoms with E-state index < -0.39 is 0 Å². The van der Waals surface area contributed by atoms with Gasteiger partial charge in [0.05, 0.1) is 17.7 Å². The number of aromatic nitrogens is 3. The first-order valence-electron chi connectivity index (χ1n) is 9.21. The van der Waals surface area contributed by atoms with Gasteiger partial charge in [-0.2, -0.15) is 0 Å². The average molecular weight is 375 g/mol. The van der Waals surface area contributed by atoms with E-state index in [1.807, 2.05) is 11.6 Å². The number of thiazole rings is 1. The molecule has 0 N–H and O–H groups in total. The van der Waals surface area contributed by atoms with Gasteiger partial charge in [0.1, 0.15) is 11.5 Å². The van der Waals surface area contributed by atoms with E-state index in [9.17, 15) is 4.79 Å². The van der Waals surface area contributed by atoms with Crippen LogP contribution in [0.1, 0.15) is 34.8 Å². The zero-order chi connectivity index (χ0) is 17.9.